The van der Waals surface area contributed by atoms with E-state index in [9.17, 15) is 14.9 Å². The van der Waals surface area contributed by atoms with E-state index >= 15 is 0 Å². The van der Waals surface area contributed by atoms with E-state index in [0.717, 1.165) is 19.3 Å². The Balaban J connectivity index is 2.01. The van der Waals surface area contributed by atoms with Gasteiger partial charge in [-0.15, -0.1) is 0 Å². The van der Waals surface area contributed by atoms with Crippen LogP contribution in [0.4, 0.5) is 10.5 Å². The predicted octanol–water partition coefficient (Wildman–Crippen LogP) is 1.20. The standard InChI is InChI=1S/C14H14N3O3/c18-14-15-12-8-11(17(19)20)6-7-13(12)16(14)9-10-4-2-1-3-5-10/h2,4,6-8,10H,1,3,5,9H2/q+1. The summed E-state index contributed by atoms with van der Waals surface area (Å²) in [4.78, 5) is 26.1. The Morgan fingerprint density at radius 2 is 2.30 bits per heavy atom. The molecule has 1 aliphatic heterocycles. The van der Waals surface area contributed by atoms with Gasteiger partial charge in [-0.2, -0.15) is 9.37 Å². The molecule has 0 fully saturated rings. The van der Waals surface area contributed by atoms with Crippen molar-refractivity contribution in [3.8, 4) is 0 Å². The van der Waals surface area contributed by atoms with Crippen molar-refractivity contribution in [3.05, 3.63) is 51.2 Å². The summed E-state index contributed by atoms with van der Waals surface area (Å²) in [6, 6.07) is 4.04. The molecule has 1 atom stereocenters. The average Bonchev–Trinajstić information content (AvgIpc) is 2.75. The summed E-state index contributed by atoms with van der Waals surface area (Å²) >= 11 is 0. The number of hydrogen-bond acceptors (Lipinski definition) is 3. The molecule has 0 saturated heterocycles. The van der Waals surface area contributed by atoms with Gasteiger partial charge in [-0.05, 0) is 25.3 Å². The second-order valence-electron chi connectivity index (χ2n) is 5.05. The number of non-ortho nitro benzene ring substituents is 1. The smallest absolute Gasteiger partial charge is 0.258 e. The lowest BCUT2D eigenvalue weighted by molar-refractivity contribution is -0.385. The topological polar surface area (TPSA) is 75.6 Å². The van der Waals surface area contributed by atoms with Crippen molar-refractivity contribution in [2.45, 2.75) is 19.3 Å². The number of hydrogen-bond donors (Lipinski definition) is 0. The third kappa shape index (κ3) is 2.24. The molecule has 102 valence electrons. The Hall–Kier alpha value is -2.37. The highest BCUT2D eigenvalue weighted by atomic mass is 16.6. The van der Waals surface area contributed by atoms with E-state index < -0.39 is 4.92 Å². The zero-order valence-corrected chi connectivity index (χ0v) is 10.9. The number of amides is 2. The fourth-order valence-electron chi connectivity index (χ4n) is 2.66. The number of allylic oxidation sites excluding steroid dienone is 1. The van der Waals surface area contributed by atoms with Gasteiger partial charge in [-0.3, -0.25) is 10.1 Å². The highest BCUT2D eigenvalue weighted by Gasteiger charge is 2.28. The Labute approximate surface area is 114 Å². The number of urea groups is 1. The minimum Gasteiger partial charge on any atom is -0.258 e. The van der Waals surface area contributed by atoms with E-state index in [1.807, 2.05) is 0 Å². The molecule has 2 aliphatic rings. The van der Waals surface area contributed by atoms with Crippen molar-refractivity contribution in [2.75, 3.05) is 6.54 Å². The van der Waals surface area contributed by atoms with Crippen molar-refractivity contribution >= 4 is 11.7 Å². The van der Waals surface area contributed by atoms with Gasteiger partial charge in [-0.1, -0.05) is 12.2 Å². The average molecular weight is 272 g/mol. The summed E-state index contributed by atoms with van der Waals surface area (Å²) in [6.07, 6.45) is 7.57. The van der Waals surface area contributed by atoms with Crippen LogP contribution in [0.5, 0.6) is 0 Å². The summed E-state index contributed by atoms with van der Waals surface area (Å²) in [6.45, 7) is 0.587. The van der Waals surface area contributed by atoms with Crippen LogP contribution >= 0.6 is 0 Å². The Morgan fingerprint density at radius 1 is 1.45 bits per heavy atom. The monoisotopic (exact) mass is 272 g/mol. The number of nitro groups is 1. The van der Waals surface area contributed by atoms with Gasteiger partial charge in [0, 0.05) is 17.0 Å². The summed E-state index contributed by atoms with van der Waals surface area (Å²) < 4.78 is 1.61. The maximum atomic E-state index is 12.0. The van der Waals surface area contributed by atoms with E-state index in [2.05, 4.69) is 17.1 Å². The highest BCUT2D eigenvalue weighted by molar-refractivity contribution is 5.78. The fraction of sp³-hybridized carbons (Fsp3) is 0.357. The SMILES string of the molecule is O=C1N=c2cc([N+](=O)[O-])ccc2=[N+]1CC1C=CCCC1. The Bertz CT molecular complexity index is 737. The molecule has 0 N–H and O–H groups in total. The first-order valence-electron chi connectivity index (χ1n) is 6.63. The molecule has 6 heteroatoms. The van der Waals surface area contributed by atoms with Gasteiger partial charge in [-0.25, -0.2) is 0 Å². The second kappa shape index (κ2) is 4.96. The first-order chi connectivity index (χ1) is 9.65. The van der Waals surface area contributed by atoms with Crippen LogP contribution < -0.4 is 15.3 Å². The summed E-state index contributed by atoms with van der Waals surface area (Å²) in [5, 5.41) is 11.8. The van der Waals surface area contributed by atoms with Crippen molar-refractivity contribution in [1.82, 2.24) is 4.58 Å². The largest absolute Gasteiger partial charge is 0.540 e. The minimum absolute atomic E-state index is 0.0419. The fourth-order valence-corrected chi connectivity index (χ4v) is 2.66. The maximum Gasteiger partial charge on any atom is 0.540 e. The first kappa shape index (κ1) is 12.7. The summed E-state index contributed by atoms with van der Waals surface area (Å²) in [7, 11) is 0. The van der Waals surface area contributed by atoms with E-state index in [1.165, 1.54) is 12.1 Å². The third-order valence-electron chi connectivity index (χ3n) is 3.68. The third-order valence-corrected chi connectivity index (χ3v) is 3.68. The van der Waals surface area contributed by atoms with Gasteiger partial charge in [0.05, 0.1) is 11.0 Å². The molecule has 1 aromatic carbocycles. The van der Waals surface area contributed by atoms with Gasteiger partial charge >= 0.3 is 6.03 Å². The van der Waals surface area contributed by atoms with Crippen LogP contribution in [0.25, 0.3) is 0 Å². The number of carbonyl (C=O) groups excluding carboxylic acids is 1. The van der Waals surface area contributed by atoms with Crippen LogP contribution in [0.3, 0.4) is 0 Å². The number of nitro benzene ring substituents is 1. The quantitative estimate of drug-likeness (QED) is 0.359. The van der Waals surface area contributed by atoms with Gasteiger partial charge in [0.25, 0.3) is 5.69 Å². The highest BCUT2D eigenvalue weighted by Crippen LogP contribution is 2.16. The van der Waals surface area contributed by atoms with Crippen LogP contribution in [0, 0.1) is 16.0 Å². The molecular formula is C14H14N3O3+. The van der Waals surface area contributed by atoms with Crippen LogP contribution in [0.15, 0.2) is 35.3 Å². The lowest BCUT2D eigenvalue weighted by Crippen LogP contribution is -2.38. The normalized spacial score (nSPS) is 20.7. The lowest BCUT2D eigenvalue weighted by Gasteiger charge is -2.14. The number of nitrogens with zero attached hydrogens (tertiary/aromatic N) is 3. The Kier molecular flexibility index (Phi) is 3.14. The molecule has 0 radical (unpaired) electrons. The van der Waals surface area contributed by atoms with Gasteiger partial charge in [0.2, 0.25) is 5.36 Å². The zero-order valence-electron chi connectivity index (χ0n) is 10.9. The van der Waals surface area contributed by atoms with Crippen LogP contribution in [-0.4, -0.2) is 17.5 Å². The molecule has 3 rings (SSSR count). The Morgan fingerprint density at radius 3 is 3.00 bits per heavy atom. The van der Waals surface area contributed by atoms with Crippen molar-refractivity contribution in [3.63, 3.8) is 0 Å². The summed E-state index contributed by atoms with van der Waals surface area (Å²) in [5.74, 6) is 0.337. The molecule has 1 aliphatic carbocycles. The zero-order chi connectivity index (χ0) is 14.1. The van der Waals surface area contributed by atoms with E-state index in [-0.39, 0.29) is 11.7 Å². The number of rotatable bonds is 3. The summed E-state index contributed by atoms with van der Waals surface area (Å²) in [5.41, 5.74) is -0.0419. The van der Waals surface area contributed by atoms with Gasteiger partial charge in [0.1, 0.15) is 6.54 Å². The van der Waals surface area contributed by atoms with E-state index in [4.69, 9.17) is 0 Å². The second-order valence-corrected chi connectivity index (χ2v) is 5.05. The van der Waals surface area contributed by atoms with Crippen LogP contribution in [0.2, 0.25) is 0 Å². The van der Waals surface area contributed by atoms with Crippen molar-refractivity contribution < 1.29 is 9.72 Å². The van der Waals surface area contributed by atoms with Crippen molar-refractivity contribution in [2.24, 2.45) is 10.9 Å². The molecular weight excluding hydrogens is 258 g/mol. The van der Waals surface area contributed by atoms with Gasteiger partial charge < -0.3 is 0 Å². The van der Waals surface area contributed by atoms with Crippen LogP contribution in [0.1, 0.15) is 19.3 Å². The molecule has 2 amide bonds. The van der Waals surface area contributed by atoms with Crippen molar-refractivity contribution in [1.29, 1.82) is 0 Å². The molecule has 0 aromatic heterocycles. The van der Waals surface area contributed by atoms with E-state index in [0.29, 0.717) is 23.2 Å². The molecule has 6 nitrogen and oxygen atoms in total. The van der Waals surface area contributed by atoms with E-state index in [1.54, 1.807) is 10.6 Å². The molecule has 1 unspecified atom stereocenters. The number of fused-ring (bicyclic) bond motifs is 1. The maximum absolute atomic E-state index is 12.0. The number of carbonyl (C=O) groups is 1. The molecule has 20 heavy (non-hydrogen) atoms. The van der Waals surface area contributed by atoms with Gasteiger partial charge in [0.15, 0.2) is 5.36 Å². The predicted molar refractivity (Wildman–Crippen MR) is 71.9 cm³/mol. The lowest BCUT2D eigenvalue weighted by atomic mass is 9.96. The van der Waals surface area contributed by atoms with Crippen LogP contribution in [-0.2, 0) is 0 Å². The molecule has 1 aromatic rings. The first-order valence-corrected chi connectivity index (χ1v) is 6.63. The number of benzene rings is 1. The molecule has 0 spiro atoms. The molecule has 0 bridgehead atoms. The molecule has 0 saturated carbocycles. The minimum atomic E-state index is -0.479. The molecule has 1 heterocycles.